The average molecular weight is 393 g/mol. The second-order valence-corrected chi connectivity index (χ2v) is 6.36. The number of hydrogen-bond acceptors (Lipinski definition) is 4. The molecule has 0 aliphatic heterocycles. The number of nitrogens with one attached hydrogen (secondary N) is 1. The first-order valence-electron chi connectivity index (χ1n) is 8.50. The van der Waals surface area contributed by atoms with Crippen LogP contribution in [0.1, 0.15) is 12.5 Å². The van der Waals surface area contributed by atoms with Crippen LogP contribution in [-0.2, 0) is 17.5 Å². The zero-order valence-corrected chi connectivity index (χ0v) is 14.9. The Labute approximate surface area is 157 Å². The van der Waals surface area contributed by atoms with Gasteiger partial charge in [0.1, 0.15) is 0 Å². The molecule has 9 heteroatoms. The van der Waals surface area contributed by atoms with Crippen LogP contribution < -0.4 is 16.8 Å². The van der Waals surface area contributed by atoms with Gasteiger partial charge >= 0.3 is 11.9 Å². The van der Waals surface area contributed by atoms with Crippen LogP contribution in [0, 0.1) is 0 Å². The highest BCUT2D eigenvalue weighted by molar-refractivity contribution is 5.81. The monoisotopic (exact) mass is 393 g/mol. The summed E-state index contributed by atoms with van der Waals surface area (Å²) in [5.41, 5.74) is 6.55. The molecule has 0 spiro atoms. The van der Waals surface area contributed by atoms with Crippen LogP contribution in [0.25, 0.3) is 22.2 Å². The van der Waals surface area contributed by atoms with Gasteiger partial charge in [-0.3, -0.25) is 9.36 Å². The van der Waals surface area contributed by atoms with Crippen molar-refractivity contribution in [2.45, 2.75) is 25.7 Å². The maximum absolute atomic E-state index is 12.7. The van der Waals surface area contributed by atoms with Crippen LogP contribution >= 0.6 is 0 Å². The van der Waals surface area contributed by atoms with Gasteiger partial charge in [-0.1, -0.05) is 18.2 Å². The van der Waals surface area contributed by atoms with Crippen molar-refractivity contribution in [1.82, 2.24) is 9.88 Å². The van der Waals surface area contributed by atoms with Crippen LogP contribution in [0.3, 0.4) is 0 Å². The number of oxazole rings is 1. The number of hydrogen-bond donors (Lipinski definition) is 2. The quantitative estimate of drug-likeness (QED) is 0.674. The molecule has 0 unspecified atom stereocenters. The summed E-state index contributed by atoms with van der Waals surface area (Å²) in [4.78, 5) is 23.2. The molecule has 1 atom stereocenters. The highest BCUT2D eigenvalue weighted by Gasteiger charge is 2.30. The lowest BCUT2D eigenvalue weighted by Gasteiger charge is -2.10. The number of alkyl halides is 3. The number of carbonyl (C=O) groups is 1. The van der Waals surface area contributed by atoms with Crippen molar-refractivity contribution in [2.75, 3.05) is 6.54 Å². The Morgan fingerprint density at radius 2 is 1.82 bits per heavy atom. The second-order valence-electron chi connectivity index (χ2n) is 6.36. The van der Waals surface area contributed by atoms with E-state index >= 15 is 0 Å². The van der Waals surface area contributed by atoms with Crippen molar-refractivity contribution in [2.24, 2.45) is 5.73 Å². The molecule has 1 aromatic heterocycles. The van der Waals surface area contributed by atoms with E-state index in [1.54, 1.807) is 25.1 Å². The van der Waals surface area contributed by atoms with E-state index in [9.17, 15) is 22.8 Å². The van der Waals surface area contributed by atoms with E-state index in [0.29, 0.717) is 28.8 Å². The Bertz CT molecular complexity index is 1050. The van der Waals surface area contributed by atoms with Gasteiger partial charge in [0, 0.05) is 13.1 Å². The minimum Gasteiger partial charge on any atom is -0.408 e. The summed E-state index contributed by atoms with van der Waals surface area (Å²) >= 11 is 0. The molecule has 6 nitrogen and oxygen atoms in total. The third-order valence-corrected chi connectivity index (χ3v) is 4.43. The Morgan fingerprint density at radius 3 is 2.43 bits per heavy atom. The Morgan fingerprint density at radius 1 is 1.18 bits per heavy atom. The average Bonchev–Trinajstić information content (AvgIpc) is 2.95. The molecule has 0 saturated heterocycles. The van der Waals surface area contributed by atoms with Crippen LogP contribution in [0.15, 0.2) is 51.7 Å². The molecule has 1 heterocycles. The Balaban J connectivity index is 1.88. The van der Waals surface area contributed by atoms with Gasteiger partial charge in [-0.25, -0.2) is 4.79 Å². The van der Waals surface area contributed by atoms with Crippen LogP contribution in [0.4, 0.5) is 13.2 Å². The lowest BCUT2D eigenvalue weighted by molar-refractivity contribution is -0.137. The first kappa shape index (κ1) is 19.7. The van der Waals surface area contributed by atoms with Crippen molar-refractivity contribution in [3.63, 3.8) is 0 Å². The van der Waals surface area contributed by atoms with Crippen molar-refractivity contribution >= 4 is 17.0 Å². The summed E-state index contributed by atoms with van der Waals surface area (Å²) in [5.74, 6) is -1.07. The maximum atomic E-state index is 12.7. The van der Waals surface area contributed by atoms with Gasteiger partial charge in [-0.15, -0.1) is 0 Å². The van der Waals surface area contributed by atoms with E-state index in [2.05, 4.69) is 5.32 Å². The van der Waals surface area contributed by atoms with Crippen LogP contribution in [0.5, 0.6) is 0 Å². The number of halogens is 3. The maximum Gasteiger partial charge on any atom is 0.419 e. The Hall–Kier alpha value is -3.07. The molecule has 3 aromatic rings. The van der Waals surface area contributed by atoms with E-state index < -0.39 is 29.4 Å². The zero-order chi connectivity index (χ0) is 20.5. The highest BCUT2D eigenvalue weighted by Crippen LogP contribution is 2.31. The largest absolute Gasteiger partial charge is 0.419 e. The van der Waals surface area contributed by atoms with Crippen molar-refractivity contribution in [3.8, 4) is 11.1 Å². The minimum absolute atomic E-state index is 0.236. The van der Waals surface area contributed by atoms with Gasteiger partial charge in [0.05, 0.1) is 17.1 Å². The molecule has 0 saturated carbocycles. The number of carbonyl (C=O) groups excluding carboxylic acids is 1. The second kappa shape index (κ2) is 7.51. The molecule has 0 fully saturated rings. The molecule has 148 valence electrons. The van der Waals surface area contributed by atoms with Gasteiger partial charge in [0.15, 0.2) is 5.58 Å². The fraction of sp³-hybridized carbons (Fsp3) is 0.263. The lowest BCUT2D eigenvalue weighted by Crippen LogP contribution is -2.40. The van der Waals surface area contributed by atoms with E-state index in [0.717, 1.165) is 12.1 Å². The molecule has 3 rings (SSSR count). The van der Waals surface area contributed by atoms with Crippen molar-refractivity contribution in [3.05, 3.63) is 58.6 Å². The molecule has 0 bridgehead atoms. The van der Waals surface area contributed by atoms with Gasteiger partial charge < -0.3 is 15.5 Å². The predicted molar refractivity (Wildman–Crippen MR) is 97.6 cm³/mol. The summed E-state index contributed by atoms with van der Waals surface area (Å²) in [7, 11) is 0. The number of amides is 1. The number of primary amides is 1. The summed E-state index contributed by atoms with van der Waals surface area (Å²) in [6, 6.07) is 9.18. The zero-order valence-electron chi connectivity index (χ0n) is 14.9. The third kappa shape index (κ3) is 4.09. The standard InChI is InChI=1S/C19H18F3N3O3/c1-11(17(23)26)24-8-9-25-15-10-13(4-7-16(15)28-18(25)27)12-2-5-14(6-3-12)19(20,21)22/h2-7,10-11,24H,8-9H2,1H3,(H2,23,26)/t11-/m1/s1. The fourth-order valence-corrected chi connectivity index (χ4v) is 2.80. The summed E-state index contributed by atoms with van der Waals surface area (Å²) in [6.45, 7) is 2.16. The lowest BCUT2D eigenvalue weighted by atomic mass is 10.0. The van der Waals surface area contributed by atoms with Gasteiger partial charge in [0.2, 0.25) is 5.91 Å². The molecular formula is C19H18F3N3O3. The van der Waals surface area contributed by atoms with Crippen molar-refractivity contribution < 1.29 is 22.4 Å². The SMILES string of the molecule is C[C@@H](NCCn1c(=O)oc2ccc(-c3ccc(C(F)(F)F)cc3)cc21)C(N)=O. The fourth-order valence-electron chi connectivity index (χ4n) is 2.80. The molecule has 0 aliphatic carbocycles. The molecule has 2 aromatic carbocycles. The molecule has 1 amide bonds. The number of aromatic nitrogens is 1. The summed E-state index contributed by atoms with van der Waals surface area (Å²) in [5, 5.41) is 2.90. The topological polar surface area (TPSA) is 90.3 Å². The van der Waals surface area contributed by atoms with Crippen LogP contribution in [-0.4, -0.2) is 23.1 Å². The van der Waals surface area contributed by atoms with E-state index in [1.807, 2.05) is 0 Å². The van der Waals surface area contributed by atoms with Gasteiger partial charge in [-0.05, 0) is 42.3 Å². The molecular weight excluding hydrogens is 375 g/mol. The molecule has 3 N–H and O–H groups in total. The normalized spacial score (nSPS) is 13.0. The van der Waals surface area contributed by atoms with E-state index in [1.165, 1.54) is 16.7 Å². The summed E-state index contributed by atoms with van der Waals surface area (Å²) < 4.78 is 44.8. The first-order chi connectivity index (χ1) is 13.2. The predicted octanol–water partition coefficient (Wildman–Crippen LogP) is 2.74. The van der Waals surface area contributed by atoms with Crippen molar-refractivity contribution in [1.29, 1.82) is 0 Å². The third-order valence-electron chi connectivity index (χ3n) is 4.43. The number of fused-ring (bicyclic) bond motifs is 1. The van der Waals surface area contributed by atoms with E-state index in [4.69, 9.17) is 10.2 Å². The van der Waals surface area contributed by atoms with Gasteiger partial charge in [-0.2, -0.15) is 13.2 Å². The molecule has 0 radical (unpaired) electrons. The Kier molecular flexibility index (Phi) is 5.28. The first-order valence-corrected chi connectivity index (χ1v) is 8.50. The van der Waals surface area contributed by atoms with Gasteiger partial charge in [0.25, 0.3) is 0 Å². The number of rotatable bonds is 6. The summed E-state index contributed by atoms with van der Waals surface area (Å²) in [6.07, 6.45) is -4.40. The molecule has 28 heavy (non-hydrogen) atoms. The van der Waals surface area contributed by atoms with Crippen LogP contribution in [0.2, 0.25) is 0 Å². The number of benzene rings is 2. The molecule has 0 aliphatic rings. The number of nitrogens with two attached hydrogens (primary N) is 1. The highest BCUT2D eigenvalue weighted by atomic mass is 19.4. The minimum atomic E-state index is -4.40. The number of nitrogens with zero attached hydrogens (tertiary/aromatic N) is 1. The smallest absolute Gasteiger partial charge is 0.408 e. The van der Waals surface area contributed by atoms with E-state index in [-0.39, 0.29) is 6.54 Å².